The minimum atomic E-state index is -0.443. The van der Waals surface area contributed by atoms with Gasteiger partial charge in [-0.2, -0.15) is 10.2 Å². The van der Waals surface area contributed by atoms with E-state index in [2.05, 4.69) is 24.0 Å². The van der Waals surface area contributed by atoms with E-state index in [9.17, 15) is 10.2 Å². The Morgan fingerprint density at radius 3 is 1.75 bits per heavy atom. The van der Waals surface area contributed by atoms with Crippen LogP contribution in [0.2, 0.25) is 0 Å². The highest BCUT2D eigenvalue weighted by Gasteiger charge is 2.23. The van der Waals surface area contributed by atoms with Crippen molar-refractivity contribution >= 4 is 21.8 Å². The van der Waals surface area contributed by atoms with Gasteiger partial charge < -0.3 is 25.4 Å². The molecule has 0 saturated heterocycles. The number of aromatic nitrogens is 4. The molecule has 2 aliphatic rings. The van der Waals surface area contributed by atoms with Gasteiger partial charge in [0.25, 0.3) is 0 Å². The molecule has 4 aromatic rings. The first-order valence-corrected chi connectivity index (χ1v) is 12.6. The van der Waals surface area contributed by atoms with Gasteiger partial charge >= 0.3 is 0 Å². The molecule has 0 radical (unpaired) electrons. The molecule has 2 aliphatic heterocycles. The lowest BCUT2D eigenvalue weighted by atomic mass is 10.0. The molecule has 9 heteroatoms. The third kappa shape index (κ3) is 4.91. The maximum absolute atomic E-state index is 9.77. The number of rotatable bonds is 4. The number of hydrogen-bond donors (Lipinski definition) is 3. The van der Waals surface area contributed by atoms with Crippen LogP contribution in [0.4, 0.5) is 0 Å². The molecule has 36 heavy (non-hydrogen) atoms. The molecule has 4 heterocycles. The fourth-order valence-electron chi connectivity index (χ4n) is 4.99. The molecular weight excluding hydrogens is 458 g/mol. The zero-order chi connectivity index (χ0) is 25.4. The summed E-state index contributed by atoms with van der Waals surface area (Å²) in [5, 5.41) is 30.5. The van der Waals surface area contributed by atoms with Gasteiger partial charge in [-0.25, -0.2) is 0 Å². The number of nitrogens with zero attached hydrogens (tertiary/aromatic N) is 4. The highest BCUT2D eigenvalue weighted by Crippen LogP contribution is 2.33. The van der Waals surface area contributed by atoms with Crippen LogP contribution in [-0.4, -0.2) is 61.2 Å². The summed E-state index contributed by atoms with van der Waals surface area (Å²) in [6, 6.07) is 8.00. The third-order valence-electron chi connectivity index (χ3n) is 6.47. The minimum Gasteiger partial charge on any atom is -0.491 e. The molecule has 2 aromatic carbocycles. The fourth-order valence-corrected chi connectivity index (χ4v) is 4.99. The molecule has 2 aromatic heterocycles. The maximum Gasteiger partial charge on any atom is 0.124 e. The Hall–Kier alpha value is -3.14. The van der Waals surface area contributed by atoms with Crippen molar-refractivity contribution in [3.63, 3.8) is 0 Å². The Morgan fingerprint density at radius 2 is 1.31 bits per heavy atom. The summed E-state index contributed by atoms with van der Waals surface area (Å²) < 4.78 is 15.1. The lowest BCUT2D eigenvalue weighted by Crippen LogP contribution is -2.27. The van der Waals surface area contributed by atoms with Crippen LogP contribution in [0, 0.1) is 5.92 Å². The Kier molecular flexibility index (Phi) is 6.87. The lowest BCUT2D eigenvalue weighted by molar-refractivity contribution is 0.0925. The van der Waals surface area contributed by atoms with Gasteiger partial charge in [-0.1, -0.05) is 13.8 Å². The molecule has 0 amide bonds. The number of nitrogens with two attached hydrogens (primary N) is 1. The van der Waals surface area contributed by atoms with Crippen molar-refractivity contribution in [2.24, 2.45) is 11.7 Å². The number of benzene rings is 2. The minimum absolute atomic E-state index is 0.0402. The SMILES string of the molecule is CC(C)Cn1ncc2ccc3c(c21)C[C@H](O)CO3.C[C@H](N)Cn1ncc2ccc3c(c21)C[C@@H](O)CO3. The summed E-state index contributed by atoms with van der Waals surface area (Å²) >= 11 is 0. The zero-order valence-electron chi connectivity index (χ0n) is 21.1. The largest absolute Gasteiger partial charge is 0.491 e. The highest BCUT2D eigenvalue weighted by molar-refractivity contribution is 5.85. The molecule has 0 spiro atoms. The van der Waals surface area contributed by atoms with E-state index in [1.807, 2.05) is 52.9 Å². The van der Waals surface area contributed by atoms with Crippen LogP contribution >= 0.6 is 0 Å². The highest BCUT2D eigenvalue weighted by atomic mass is 16.5. The van der Waals surface area contributed by atoms with Gasteiger partial charge in [0.05, 0.1) is 42.2 Å². The first-order chi connectivity index (χ1) is 17.3. The normalized spacial score (nSPS) is 19.8. The molecular formula is C27H35N5O4. The second-order valence-electron chi connectivity index (χ2n) is 10.3. The molecule has 0 bridgehead atoms. The molecule has 3 atom stereocenters. The fraction of sp³-hybridized carbons (Fsp3) is 0.481. The predicted molar refractivity (Wildman–Crippen MR) is 138 cm³/mol. The van der Waals surface area contributed by atoms with Crippen molar-refractivity contribution < 1.29 is 19.7 Å². The van der Waals surface area contributed by atoms with E-state index < -0.39 is 12.2 Å². The number of fused-ring (bicyclic) bond motifs is 6. The van der Waals surface area contributed by atoms with Gasteiger partial charge in [-0.15, -0.1) is 0 Å². The van der Waals surface area contributed by atoms with Crippen molar-refractivity contribution in [1.82, 2.24) is 19.6 Å². The van der Waals surface area contributed by atoms with E-state index in [4.69, 9.17) is 15.2 Å². The summed E-state index contributed by atoms with van der Waals surface area (Å²) in [6.07, 6.45) is 4.12. The van der Waals surface area contributed by atoms with E-state index in [1.165, 1.54) is 0 Å². The van der Waals surface area contributed by atoms with Crippen LogP contribution in [-0.2, 0) is 25.9 Å². The zero-order valence-corrected chi connectivity index (χ0v) is 21.1. The number of hydrogen-bond acceptors (Lipinski definition) is 7. The molecule has 192 valence electrons. The first-order valence-electron chi connectivity index (χ1n) is 12.6. The molecule has 0 aliphatic carbocycles. The Bertz CT molecular complexity index is 1260. The summed E-state index contributed by atoms with van der Waals surface area (Å²) in [5.74, 6) is 2.27. The van der Waals surface area contributed by atoms with E-state index in [1.54, 1.807) is 0 Å². The van der Waals surface area contributed by atoms with Crippen molar-refractivity contribution in [2.75, 3.05) is 13.2 Å². The number of aliphatic hydroxyl groups excluding tert-OH is 2. The summed E-state index contributed by atoms with van der Waals surface area (Å²) in [7, 11) is 0. The summed E-state index contributed by atoms with van der Waals surface area (Å²) in [4.78, 5) is 0. The van der Waals surface area contributed by atoms with Gasteiger partial charge in [-0.3, -0.25) is 9.36 Å². The van der Waals surface area contributed by atoms with Crippen LogP contribution in [0.5, 0.6) is 11.5 Å². The van der Waals surface area contributed by atoms with Gasteiger partial charge in [0, 0.05) is 47.3 Å². The van der Waals surface area contributed by atoms with E-state index >= 15 is 0 Å². The van der Waals surface area contributed by atoms with Gasteiger partial charge in [-0.05, 0) is 37.1 Å². The standard InChI is InChI=1S/C14H18N2O2.C13H17N3O2/c1-9(2)7-16-14-10(6-15-16)3-4-13-12(14)5-11(17)8-18-13;1-8(14)6-16-13-9(5-15-16)2-3-12-11(13)4-10(17)7-18-12/h3-4,6,9,11,17H,5,7-8H2,1-2H3;2-3,5,8,10,17H,4,6-7,14H2,1H3/t11-;8-,10+/m00/s1. The summed E-state index contributed by atoms with van der Waals surface area (Å²) in [5.41, 5.74) is 10.1. The monoisotopic (exact) mass is 493 g/mol. The lowest BCUT2D eigenvalue weighted by Gasteiger charge is -2.23. The van der Waals surface area contributed by atoms with E-state index in [0.717, 1.165) is 51.0 Å². The maximum atomic E-state index is 9.77. The van der Waals surface area contributed by atoms with Crippen molar-refractivity contribution in [3.05, 3.63) is 47.8 Å². The molecule has 0 fully saturated rings. The smallest absolute Gasteiger partial charge is 0.124 e. The number of ether oxygens (including phenoxy) is 2. The molecule has 4 N–H and O–H groups in total. The van der Waals surface area contributed by atoms with E-state index in [-0.39, 0.29) is 6.04 Å². The average Bonchev–Trinajstić information content (AvgIpc) is 3.43. The van der Waals surface area contributed by atoms with Crippen molar-refractivity contribution in [2.45, 2.75) is 65.0 Å². The van der Waals surface area contributed by atoms with E-state index in [0.29, 0.717) is 38.5 Å². The van der Waals surface area contributed by atoms with Crippen molar-refractivity contribution in [3.8, 4) is 11.5 Å². The van der Waals surface area contributed by atoms with Crippen molar-refractivity contribution in [1.29, 1.82) is 0 Å². The van der Waals surface area contributed by atoms with Crippen LogP contribution in [0.1, 0.15) is 31.9 Å². The average molecular weight is 494 g/mol. The Balaban J connectivity index is 0.000000148. The Labute approximate surface area is 210 Å². The molecule has 0 unspecified atom stereocenters. The quantitative estimate of drug-likeness (QED) is 0.400. The van der Waals surface area contributed by atoms with Crippen LogP contribution in [0.3, 0.4) is 0 Å². The molecule has 9 nitrogen and oxygen atoms in total. The van der Waals surface area contributed by atoms with Gasteiger partial charge in [0.1, 0.15) is 24.7 Å². The third-order valence-corrected chi connectivity index (χ3v) is 6.47. The van der Waals surface area contributed by atoms with Crippen LogP contribution in [0.15, 0.2) is 36.7 Å². The molecule has 0 saturated carbocycles. The number of aliphatic hydroxyl groups is 2. The summed E-state index contributed by atoms with van der Waals surface area (Å²) in [6.45, 7) is 8.60. The van der Waals surface area contributed by atoms with Crippen LogP contribution in [0.25, 0.3) is 21.8 Å². The second-order valence-corrected chi connectivity index (χ2v) is 10.3. The van der Waals surface area contributed by atoms with Gasteiger partial charge in [0.15, 0.2) is 0 Å². The topological polar surface area (TPSA) is 121 Å². The Morgan fingerprint density at radius 1 is 0.833 bits per heavy atom. The second kappa shape index (κ2) is 10.1. The predicted octanol–water partition coefficient (Wildman–Crippen LogP) is 2.67. The molecule has 6 rings (SSSR count). The van der Waals surface area contributed by atoms with Crippen LogP contribution < -0.4 is 15.2 Å². The van der Waals surface area contributed by atoms with Gasteiger partial charge in [0.2, 0.25) is 0 Å². The first kappa shape index (κ1) is 24.5.